The third-order valence-corrected chi connectivity index (χ3v) is 1.65. The molecule has 4 heteroatoms. The highest BCUT2D eigenvalue weighted by molar-refractivity contribution is 6.33. The first-order valence-corrected chi connectivity index (χ1v) is 3.57. The predicted octanol–water partition coefficient (Wildman–Crippen LogP) is 1.38. The summed E-state index contributed by atoms with van der Waals surface area (Å²) in [6, 6.07) is 1.73. The van der Waals surface area contributed by atoms with Crippen LogP contribution in [0.25, 0.3) is 0 Å². The van der Waals surface area contributed by atoms with Gasteiger partial charge in [0.25, 0.3) is 0 Å². The van der Waals surface area contributed by atoms with Crippen LogP contribution < -0.4 is 10.6 Å². The Labute approximate surface area is 70.8 Å². The summed E-state index contributed by atoms with van der Waals surface area (Å²) in [7, 11) is 3.80. The van der Waals surface area contributed by atoms with Crippen LogP contribution >= 0.6 is 11.6 Å². The molecule has 1 heterocycles. The fourth-order valence-corrected chi connectivity index (χ4v) is 0.822. The molecule has 0 aliphatic rings. The topological polar surface area (TPSA) is 42.1 Å². The Hall–Kier alpha value is -0.960. The molecule has 0 saturated carbocycles. The molecular formula is C7H10ClN3. The van der Waals surface area contributed by atoms with Crippen LogP contribution in [0.1, 0.15) is 0 Å². The number of rotatable bonds is 1. The molecule has 0 aromatic carbocycles. The van der Waals surface area contributed by atoms with E-state index in [4.69, 9.17) is 17.3 Å². The molecule has 0 radical (unpaired) electrons. The van der Waals surface area contributed by atoms with E-state index >= 15 is 0 Å². The molecule has 0 spiro atoms. The van der Waals surface area contributed by atoms with Crippen molar-refractivity contribution in [3.8, 4) is 0 Å². The summed E-state index contributed by atoms with van der Waals surface area (Å²) >= 11 is 5.77. The van der Waals surface area contributed by atoms with Gasteiger partial charge in [-0.05, 0) is 0 Å². The van der Waals surface area contributed by atoms with Crippen LogP contribution in [0.15, 0.2) is 12.3 Å². The number of pyridine rings is 1. The van der Waals surface area contributed by atoms with Crippen molar-refractivity contribution in [3.63, 3.8) is 0 Å². The minimum Gasteiger partial charge on any atom is -0.396 e. The zero-order valence-electron chi connectivity index (χ0n) is 6.50. The summed E-state index contributed by atoms with van der Waals surface area (Å²) in [5.74, 6) is 0.809. The van der Waals surface area contributed by atoms with E-state index < -0.39 is 0 Å². The van der Waals surface area contributed by atoms with Gasteiger partial charge in [-0.2, -0.15) is 0 Å². The van der Waals surface area contributed by atoms with Crippen molar-refractivity contribution in [2.24, 2.45) is 0 Å². The zero-order chi connectivity index (χ0) is 8.43. The van der Waals surface area contributed by atoms with E-state index in [0.717, 1.165) is 5.82 Å². The molecule has 11 heavy (non-hydrogen) atoms. The quantitative estimate of drug-likeness (QED) is 0.694. The lowest BCUT2D eigenvalue weighted by Gasteiger charge is -2.11. The zero-order valence-corrected chi connectivity index (χ0v) is 7.26. The van der Waals surface area contributed by atoms with Gasteiger partial charge in [0.1, 0.15) is 5.82 Å². The summed E-state index contributed by atoms with van der Waals surface area (Å²) < 4.78 is 0. The fourth-order valence-electron chi connectivity index (χ4n) is 0.676. The van der Waals surface area contributed by atoms with Crippen molar-refractivity contribution < 1.29 is 0 Å². The Morgan fingerprint density at radius 2 is 2.18 bits per heavy atom. The third kappa shape index (κ3) is 1.74. The van der Waals surface area contributed by atoms with Gasteiger partial charge in [-0.15, -0.1) is 0 Å². The predicted molar refractivity (Wildman–Crippen MR) is 48.0 cm³/mol. The van der Waals surface area contributed by atoms with Crippen molar-refractivity contribution in [3.05, 3.63) is 17.3 Å². The SMILES string of the molecule is CN(C)c1cc(Cl)c(N)cn1. The largest absolute Gasteiger partial charge is 0.396 e. The van der Waals surface area contributed by atoms with Crippen LogP contribution in [0.3, 0.4) is 0 Å². The maximum absolute atomic E-state index is 5.77. The third-order valence-electron chi connectivity index (χ3n) is 1.33. The van der Waals surface area contributed by atoms with Gasteiger partial charge in [0.05, 0.1) is 16.9 Å². The minimum absolute atomic E-state index is 0.511. The Bertz CT molecular complexity index is 260. The van der Waals surface area contributed by atoms with Gasteiger partial charge in [-0.3, -0.25) is 0 Å². The van der Waals surface area contributed by atoms with Crippen molar-refractivity contribution in [2.45, 2.75) is 0 Å². The summed E-state index contributed by atoms with van der Waals surface area (Å²) in [6.07, 6.45) is 1.55. The van der Waals surface area contributed by atoms with Crippen LogP contribution in [0, 0.1) is 0 Å². The summed E-state index contributed by atoms with van der Waals surface area (Å²) in [5.41, 5.74) is 5.99. The smallest absolute Gasteiger partial charge is 0.129 e. The number of hydrogen-bond donors (Lipinski definition) is 1. The number of nitrogens with zero attached hydrogens (tertiary/aromatic N) is 2. The highest BCUT2D eigenvalue weighted by atomic mass is 35.5. The standard InChI is InChI=1S/C7H10ClN3/c1-11(2)7-3-5(8)6(9)4-10-7/h3-4H,9H2,1-2H3. The Kier molecular flexibility index (Phi) is 2.19. The first-order valence-electron chi connectivity index (χ1n) is 3.19. The number of nitrogens with two attached hydrogens (primary N) is 1. The second kappa shape index (κ2) is 2.96. The lowest BCUT2D eigenvalue weighted by molar-refractivity contribution is 1.07. The van der Waals surface area contributed by atoms with E-state index in [1.54, 1.807) is 12.3 Å². The summed E-state index contributed by atoms with van der Waals surface area (Å²) in [4.78, 5) is 5.92. The van der Waals surface area contributed by atoms with Crippen molar-refractivity contribution in [1.29, 1.82) is 0 Å². The number of halogens is 1. The first-order chi connectivity index (χ1) is 5.11. The lowest BCUT2D eigenvalue weighted by atomic mass is 10.4. The number of aromatic nitrogens is 1. The van der Waals surface area contributed by atoms with Crippen LogP contribution in [0.2, 0.25) is 5.02 Å². The van der Waals surface area contributed by atoms with Crippen LogP contribution in [0.4, 0.5) is 11.5 Å². The van der Waals surface area contributed by atoms with E-state index in [1.807, 2.05) is 19.0 Å². The molecule has 0 bridgehead atoms. The fraction of sp³-hybridized carbons (Fsp3) is 0.286. The number of hydrogen-bond acceptors (Lipinski definition) is 3. The molecule has 0 fully saturated rings. The van der Waals surface area contributed by atoms with Gasteiger partial charge < -0.3 is 10.6 Å². The Balaban J connectivity index is 3.05. The molecule has 0 aliphatic heterocycles. The average molecular weight is 172 g/mol. The van der Waals surface area contributed by atoms with Crippen molar-refractivity contribution in [2.75, 3.05) is 24.7 Å². The average Bonchev–Trinajstić information content (AvgIpc) is 1.94. The van der Waals surface area contributed by atoms with Gasteiger partial charge in [-0.25, -0.2) is 4.98 Å². The van der Waals surface area contributed by atoms with E-state index in [1.165, 1.54) is 0 Å². The molecule has 1 aromatic rings. The van der Waals surface area contributed by atoms with Crippen LogP contribution in [0.5, 0.6) is 0 Å². The maximum atomic E-state index is 5.77. The first kappa shape index (κ1) is 8.14. The minimum atomic E-state index is 0.511. The van der Waals surface area contributed by atoms with Crippen LogP contribution in [-0.2, 0) is 0 Å². The van der Waals surface area contributed by atoms with Gasteiger partial charge in [0, 0.05) is 20.2 Å². The molecule has 0 amide bonds. The molecule has 1 rings (SSSR count). The second-order valence-electron chi connectivity index (χ2n) is 2.46. The molecule has 60 valence electrons. The van der Waals surface area contributed by atoms with Gasteiger partial charge in [-0.1, -0.05) is 11.6 Å². The number of anilines is 2. The second-order valence-corrected chi connectivity index (χ2v) is 2.87. The van der Waals surface area contributed by atoms with E-state index in [0.29, 0.717) is 10.7 Å². The van der Waals surface area contributed by atoms with Gasteiger partial charge in [0.15, 0.2) is 0 Å². The molecule has 0 aliphatic carbocycles. The highest BCUT2D eigenvalue weighted by Gasteiger charge is 2.00. The number of nitrogen functional groups attached to an aromatic ring is 1. The molecular weight excluding hydrogens is 162 g/mol. The maximum Gasteiger partial charge on any atom is 0.129 e. The van der Waals surface area contributed by atoms with E-state index in [2.05, 4.69) is 4.98 Å². The molecule has 0 unspecified atom stereocenters. The molecule has 0 saturated heterocycles. The van der Waals surface area contributed by atoms with Crippen molar-refractivity contribution in [1.82, 2.24) is 4.98 Å². The summed E-state index contributed by atoms with van der Waals surface area (Å²) in [5, 5.41) is 0.545. The monoisotopic (exact) mass is 171 g/mol. The molecule has 2 N–H and O–H groups in total. The molecule has 0 atom stereocenters. The van der Waals surface area contributed by atoms with E-state index in [-0.39, 0.29) is 0 Å². The van der Waals surface area contributed by atoms with Crippen LogP contribution in [-0.4, -0.2) is 19.1 Å². The molecule has 3 nitrogen and oxygen atoms in total. The Morgan fingerprint density at radius 3 is 2.64 bits per heavy atom. The molecule has 1 aromatic heterocycles. The van der Waals surface area contributed by atoms with Gasteiger partial charge in [0.2, 0.25) is 0 Å². The Morgan fingerprint density at radius 1 is 1.55 bits per heavy atom. The lowest BCUT2D eigenvalue weighted by Crippen LogP contribution is -2.10. The van der Waals surface area contributed by atoms with E-state index in [9.17, 15) is 0 Å². The van der Waals surface area contributed by atoms with Gasteiger partial charge >= 0.3 is 0 Å². The highest BCUT2D eigenvalue weighted by Crippen LogP contribution is 2.20. The summed E-state index contributed by atoms with van der Waals surface area (Å²) in [6.45, 7) is 0. The normalized spacial score (nSPS) is 9.73. The van der Waals surface area contributed by atoms with Crippen molar-refractivity contribution >= 4 is 23.1 Å².